The van der Waals surface area contributed by atoms with Crippen molar-refractivity contribution in [2.45, 2.75) is 96.9 Å². The number of carbonyl (C=O) groups excluding carboxylic acids is 1. The number of carbonyl (C=O) groups is 1. The van der Waals surface area contributed by atoms with Crippen molar-refractivity contribution < 1.29 is 9.53 Å². The molecule has 1 amide bonds. The van der Waals surface area contributed by atoms with Crippen molar-refractivity contribution in [3.05, 3.63) is 59.5 Å². The lowest BCUT2D eigenvalue weighted by Gasteiger charge is -2.35. The van der Waals surface area contributed by atoms with Crippen molar-refractivity contribution >= 4 is 23.4 Å². The SMILES string of the molecule is COc1ccc(C2CCC(CN(C(=O)C3CCCCC3)c3cccc(C(C=NC(C)(C)C)=CN)c3)CC2)nc1C. The smallest absolute Gasteiger partial charge is 0.230 e. The summed E-state index contributed by atoms with van der Waals surface area (Å²) in [5.41, 5.74) is 10.8. The fraction of sp³-hybridized carbons (Fsp3) is 0.559. The Bertz CT molecular complexity index is 1200. The molecule has 2 N–H and O–H groups in total. The molecule has 0 saturated heterocycles. The van der Waals surface area contributed by atoms with Crippen LogP contribution in [0.5, 0.6) is 5.75 Å². The van der Waals surface area contributed by atoms with E-state index < -0.39 is 0 Å². The highest BCUT2D eigenvalue weighted by atomic mass is 16.5. The fourth-order valence-electron chi connectivity index (χ4n) is 6.13. The summed E-state index contributed by atoms with van der Waals surface area (Å²) in [5, 5.41) is 0. The highest BCUT2D eigenvalue weighted by Gasteiger charge is 2.31. The summed E-state index contributed by atoms with van der Waals surface area (Å²) >= 11 is 0. The van der Waals surface area contributed by atoms with Crippen LogP contribution >= 0.6 is 0 Å². The summed E-state index contributed by atoms with van der Waals surface area (Å²) in [6, 6.07) is 12.4. The number of ether oxygens (including phenoxy) is 1. The molecule has 1 aromatic carbocycles. The molecule has 6 nitrogen and oxygen atoms in total. The van der Waals surface area contributed by atoms with Crippen molar-refractivity contribution in [1.82, 2.24) is 4.98 Å². The minimum atomic E-state index is -0.187. The van der Waals surface area contributed by atoms with Crippen LogP contribution in [-0.2, 0) is 4.79 Å². The van der Waals surface area contributed by atoms with E-state index in [1.165, 1.54) is 6.42 Å². The number of nitrogens with two attached hydrogens (primary N) is 1. The molecular formula is C34H48N4O2. The van der Waals surface area contributed by atoms with E-state index in [0.717, 1.165) is 91.9 Å². The molecule has 0 atom stereocenters. The van der Waals surface area contributed by atoms with E-state index >= 15 is 0 Å². The zero-order chi connectivity index (χ0) is 28.7. The maximum absolute atomic E-state index is 14.0. The molecule has 0 aliphatic heterocycles. The van der Waals surface area contributed by atoms with Gasteiger partial charge >= 0.3 is 0 Å². The highest BCUT2D eigenvalue weighted by Crippen LogP contribution is 2.38. The molecule has 0 radical (unpaired) electrons. The number of aryl methyl sites for hydroxylation is 1. The normalized spacial score (nSPS) is 21.0. The van der Waals surface area contributed by atoms with Crippen molar-refractivity contribution in [2.24, 2.45) is 22.6 Å². The molecular weight excluding hydrogens is 496 g/mol. The fourth-order valence-corrected chi connectivity index (χ4v) is 6.13. The van der Waals surface area contributed by atoms with Crippen LogP contribution in [0.3, 0.4) is 0 Å². The number of aromatic nitrogens is 1. The molecule has 40 heavy (non-hydrogen) atoms. The lowest BCUT2D eigenvalue weighted by molar-refractivity contribution is -0.123. The van der Waals surface area contributed by atoms with E-state index in [9.17, 15) is 4.79 Å². The van der Waals surface area contributed by atoms with Gasteiger partial charge in [0.1, 0.15) is 5.75 Å². The van der Waals surface area contributed by atoms with Gasteiger partial charge in [0.15, 0.2) is 0 Å². The molecule has 2 aliphatic rings. The number of hydrogen-bond donors (Lipinski definition) is 1. The second-order valence-electron chi connectivity index (χ2n) is 12.6. The molecule has 1 aromatic heterocycles. The Morgan fingerprint density at radius 1 is 1.07 bits per heavy atom. The Morgan fingerprint density at radius 3 is 2.42 bits per heavy atom. The number of pyridine rings is 1. The quantitative estimate of drug-likeness (QED) is 0.350. The number of rotatable bonds is 8. The average Bonchev–Trinajstić information content (AvgIpc) is 2.96. The first-order chi connectivity index (χ1) is 19.2. The second-order valence-corrected chi connectivity index (χ2v) is 12.6. The second kappa shape index (κ2) is 13.5. The first-order valence-corrected chi connectivity index (χ1v) is 15.1. The van der Waals surface area contributed by atoms with Gasteiger partial charge in [-0.1, -0.05) is 31.4 Å². The third kappa shape index (κ3) is 7.74. The average molecular weight is 545 g/mol. The van der Waals surface area contributed by atoms with Crippen LogP contribution in [0.15, 0.2) is 47.6 Å². The molecule has 216 valence electrons. The number of amides is 1. The van der Waals surface area contributed by atoms with Gasteiger partial charge in [-0.2, -0.15) is 0 Å². The largest absolute Gasteiger partial charge is 0.495 e. The molecule has 2 aliphatic carbocycles. The van der Waals surface area contributed by atoms with Crippen LogP contribution < -0.4 is 15.4 Å². The van der Waals surface area contributed by atoms with Crippen LogP contribution in [0.4, 0.5) is 5.69 Å². The Balaban J connectivity index is 1.52. The van der Waals surface area contributed by atoms with Gasteiger partial charge in [0.05, 0.1) is 18.3 Å². The zero-order valence-electron chi connectivity index (χ0n) is 25.2. The number of aliphatic imine (C=N–C) groups is 1. The molecule has 4 rings (SSSR count). The minimum Gasteiger partial charge on any atom is -0.495 e. The van der Waals surface area contributed by atoms with Gasteiger partial charge in [-0.3, -0.25) is 14.8 Å². The third-order valence-corrected chi connectivity index (χ3v) is 8.47. The summed E-state index contributed by atoms with van der Waals surface area (Å²) in [6.45, 7) is 8.98. The van der Waals surface area contributed by atoms with Gasteiger partial charge < -0.3 is 15.4 Å². The molecule has 2 aromatic rings. The molecule has 0 unspecified atom stereocenters. The van der Waals surface area contributed by atoms with Crippen molar-refractivity contribution in [2.75, 3.05) is 18.6 Å². The lowest BCUT2D eigenvalue weighted by atomic mass is 9.79. The monoisotopic (exact) mass is 544 g/mol. The van der Waals surface area contributed by atoms with E-state index in [1.54, 1.807) is 13.3 Å². The first kappa shape index (κ1) is 29.8. The molecule has 1 heterocycles. The Labute approximate surface area is 241 Å². The maximum Gasteiger partial charge on any atom is 0.230 e. The van der Waals surface area contributed by atoms with Gasteiger partial charge in [-0.15, -0.1) is 0 Å². The van der Waals surface area contributed by atoms with Crippen molar-refractivity contribution in [3.8, 4) is 5.75 Å². The van der Waals surface area contributed by atoms with Crippen LogP contribution in [0.1, 0.15) is 101 Å². The Hall–Kier alpha value is -3.15. The van der Waals surface area contributed by atoms with Crippen molar-refractivity contribution in [3.63, 3.8) is 0 Å². The molecule has 6 heteroatoms. The van der Waals surface area contributed by atoms with Crippen LogP contribution in [0.25, 0.3) is 5.57 Å². The van der Waals surface area contributed by atoms with Crippen LogP contribution in [0.2, 0.25) is 0 Å². The van der Waals surface area contributed by atoms with Crippen LogP contribution in [-0.4, -0.2) is 36.3 Å². The number of nitrogens with zero attached hydrogens (tertiary/aromatic N) is 3. The van der Waals surface area contributed by atoms with Gasteiger partial charge in [0.2, 0.25) is 5.91 Å². The summed E-state index contributed by atoms with van der Waals surface area (Å²) in [6.07, 6.45) is 13.4. The first-order valence-electron chi connectivity index (χ1n) is 15.1. The van der Waals surface area contributed by atoms with Crippen LogP contribution in [0, 0.1) is 18.8 Å². The topological polar surface area (TPSA) is 80.8 Å². The third-order valence-electron chi connectivity index (χ3n) is 8.47. The predicted octanol–water partition coefficient (Wildman–Crippen LogP) is 7.45. The van der Waals surface area contributed by atoms with Crippen molar-refractivity contribution in [1.29, 1.82) is 0 Å². The number of allylic oxidation sites excluding steroid dienone is 1. The van der Waals surface area contributed by atoms with E-state index in [0.29, 0.717) is 11.8 Å². The van der Waals surface area contributed by atoms with E-state index in [2.05, 4.69) is 54.9 Å². The molecule has 2 fully saturated rings. The van der Waals surface area contributed by atoms with Gasteiger partial charge in [0.25, 0.3) is 0 Å². The van der Waals surface area contributed by atoms with Gasteiger partial charge in [-0.25, -0.2) is 0 Å². The molecule has 0 bridgehead atoms. The summed E-state index contributed by atoms with van der Waals surface area (Å²) < 4.78 is 5.40. The molecule has 0 spiro atoms. The number of hydrogen-bond acceptors (Lipinski definition) is 5. The zero-order valence-corrected chi connectivity index (χ0v) is 25.2. The van der Waals surface area contributed by atoms with E-state index in [-0.39, 0.29) is 17.4 Å². The van der Waals surface area contributed by atoms with E-state index in [1.807, 2.05) is 25.3 Å². The maximum atomic E-state index is 14.0. The summed E-state index contributed by atoms with van der Waals surface area (Å²) in [4.78, 5) is 25.6. The highest BCUT2D eigenvalue weighted by molar-refractivity contribution is 6.10. The predicted molar refractivity (Wildman–Crippen MR) is 166 cm³/mol. The Morgan fingerprint density at radius 2 is 1.80 bits per heavy atom. The Kier molecular flexibility index (Phi) is 10.0. The summed E-state index contributed by atoms with van der Waals surface area (Å²) in [5.74, 6) is 2.18. The van der Waals surface area contributed by atoms with Gasteiger partial charge in [0, 0.05) is 47.7 Å². The van der Waals surface area contributed by atoms with Gasteiger partial charge in [-0.05, 0) is 102 Å². The number of methoxy groups -OCH3 is 1. The van der Waals surface area contributed by atoms with E-state index in [4.69, 9.17) is 15.5 Å². The lowest BCUT2D eigenvalue weighted by Crippen LogP contribution is -2.41. The minimum absolute atomic E-state index is 0.118. The number of anilines is 1. The standard InChI is InChI=1S/C34H48N4O2/c1-24-32(40-5)19-18-31(37-24)26-16-14-25(15-17-26)23-38(33(39)27-10-7-6-8-11-27)30-13-9-12-28(20-30)29(21-35)22-36-34(2,3)4/h9,12-13,18-22,25-27H,6-8,10-11,14-17,23,35H2,1-5H3. The number of benzene rings is 1. The summed E-state index contributed by atoms with van der Waals surface area (Å²) in [7, 11) is 1.69. The molecule has 2 saturated carbocycles.